The minimum atomic E-state index is 0. The second-order valence-electron chi connectivity index (χ2n) is 0. The largest absolute Gasteiger partial charge is 2.00 e. The molecule has 0 aliphatic rings. The molecular weight excluding hydrogens is 223 g/mol. The van der Waals surface area contributed by atoms with Crippen LogP contribution in [0.15, 0.2) is 0 Å². The molecule has 4 heteroatoms. The van der Waals surface area contributed by atoms with E-state index in [9.17, 15) is 0 Å². The van der Waals surface area contributed by atoms with E-state index in [4.69, 9.17) is 3.83 Å². The predicted octanol–water partition coefficient (Wildman–Crippen LogP) is -0.280. The minimum Gasteiger partial charge on any atom is 2.00 e. The van der Waals surface area contributed by atoms with E-state index >= 15 is 0 Å². The van der Waals surface area contributed by atoms with Gasteiger partial charge in [-0.05, 0) is 0 Å². The van der Waals surface area contributed by atoms with Gasteiger partial charge in [0, 0.05) is 17.1 Å². The molecule has 0 rings (SSSR count). The molecular formula is H2CuFeOSr. The summed E-state index contributed by atoms with van der Waals surface area (Å²) in [5.74, 6) is 0. The van der Waals surface area contributed by atoms with Crippen molar-refractivity contribution in [3.05, 3.63) is 0 Å². The molecule has 29 valence electrons. The van der Waals surface area contributed by atoms with E-state index < -0.39 is 0 Å². The fraction of sp³-hybridized carbons (Fsp3) is 0. The van der Waals surface area contributed by atoms with Crippen molar-refractivity contribution >= 4 is 45.5 Å². The van der Waals surface area contributed by atoms with Gasteiger partial charge in [0.2, 0.25) is 0 Å². The van der Waals surface area contributed by atoms with E-state index in [0.717, 1.165) is 0 Å². The molecule has 0 aliphatic carbocycles. The number of hydrogen-bond donors (Lipinski definition) is 0. The molecule has 0 unspecified atom stereocenters. The molecule has 0 spiro atoms. The van der Waals surface area contributed by atoms with Crippen molar-refractivity contribution in [2.24, 2.45) is 0 Å². The van der Waals surface area contributed by atoms with Gasteiger partial charge in [0.25, 0.3) is 0 Å². The molecule has 0 saturated heterocycles. The molecule has 1 nitrogen and oxygen atoms in total. The van der Waals surface area contributed by atoms with Crippen LogP contribution in [0.25, 0.3) is 0 Å². The van der Waals surface area contributed by atoms with Gasteiger partial charge >= 0.3 is 65.3 Å². The Kier molecular flexibility index (Phi) is 74.8. The molecule has 0 bridgehead atoms. The first-order valence-electron chi connectivity index (χ1n) is 0.144. The maximum atomic E-state index is 8.00. The molecule has 0 N–H and O–H groups in total. The van der Waals surface area contributed by atoms with Crippen LogP contribution in [0.3, 0.4) is 0 Å². The topological polar surface area (TPSA) is 17.1 Å². The van der Waals surface area contributed by atoms with E-state index in [1.54, 1.807) is 0 Å². The third-order valence-electron chi connectivity index (χ3n) is 0. The second-order valence-corrected chi connectivity index (χ2v) is 0. The maximum Gasteiger partial charge on any atom is 2.00 e. The third kappa shape index (κ3) is 8.85. The molecule has 0 atom stereocenters. The first-order chi connectivity index (χ1) is 1.00. The average Bonchev–Trinajstić information content (AvgIpc) is 1.00. The molecule has 1 radical (unpaired) electrons. The Morgan fingerprint density at radius 3 is 1.50 bits per heavy atom. The summed E-state index contributed by atoms with van der Waals surface area (Å²) >= 11 is 2.00. The van der Waals surface area contributed by atoms with Gasteiger partial charge in [-0.1, -0.05) is 0 Å². The fourth-order valence-corrected chi connectivity index (χ4v) is 0. The van der Waals surface area contributed by atoms with Crippen LogP contribution >= 0.6 is 0 Å². The van der Waals surface area contributed by atoms with Gasteiger partial charge in [0.05, 0.1) is 0 Å². The summed E-state index contributed by atoms with van der Waals surface area (Å²) in [4.78, 5) is 0. The van der Waals surface area contributed by atoms with E-state index in [-0.39, 0.29) is 65.4 Å². The van der Waals surface area contributed by atoms with Crippen molar-refractivity contribution in [1.82, 2.24) is 0 Å². The number of hydrogen-bond acceptors (Lipinski definition) is 1. The quantitative estimate of drug-likeness (QED) is 0.518. The summed E-state index contributed by atoms with van der Waals surface area (Å²) in [5.41, 5.74) is 0. The van der Waals surface area contributed by atoms with Gasteiger partial charge in [-0.3, -0.25) is 0 Å². The van der Waals surface area contributed by atoms with E-state index in [2.05, 4.69) is 0 Å². The Hall–Kier alpha value is 2.32. The zero-order chi connectivity index (χ0) is 2.00. The second kappa shape index (κ2) is 18.4. The Morgan fingerprint density at radius 2 is 1.50 bits per heavy atom. The maximum absolute atomic E-state index is 8.00. The zero-order valence-electron chi connectivity index (χ0n) is 3.77. The summed E-state index contributed by atoms with van der Waals surface area (Å²) < 4.78 is 8.00. The molecule has 0 aromatic rings. The average molecular weight is 225 g/mol. The van der Waals surface area contributed by atoms with Crippen LogP contribution in [0.4, 0.5) is 0 Å². The van der Waals surface area contributed by atoms with Gasteiger partial charge in [-0.25, -0.2) is 0 Å². The Labute approximate surface area is 83.6 Å². The van der Waals surface area contributed by atoms with E-state index in [1.165, 1.54) is 0 Å². The van der Waals surface area contributed by atoms with E-state index in [0.29, 0.717) is 0 Å². The molecule has 4 heavy (non-hydrogen) atoms. The Morgan fingerprint density at radius 1 is 1.50 bits per heavy atom. The first-order valence-corrected chi connectivity index (χ1v) is 0.595. The molecule has 0 fully saturated rings. The Bertz CT molecular complexity index is 13.5. The summed E-state index contributed by atoms with van der Waals surface area (Å²) in [6.07, 6.45) is 0. The summed E-state index contributed by atoms with van der Waals surface area (Å²) in [5, 5.41) is 0. The van der Waals surface area contributed by atoms with Crippen molar-refractivity contribution in [3.63, 3.8) is 0 Å². The van der Waals surface area contributed by atoms with E-state index in [1.807, 2.05) is 15.9 Å². The summed E-state index contributed by atoms with van der Waals surface area (Å²) in [6.45, 7) is 0. The van der Waals surface area contributed by atoms with Crippen LogP contribution in [-0.4, -0.2) is 45.5 Å². The van der Waals surface area contributed by atoms with Crippen LogP contribution in [0.1, 0.15) is 2.85 Å². The smallest absolute Gasteiger partial charge is 2.00 e. The van der Waals surface area contributed by atoms with Crippen LogP contribution in [0.5, 0.6) is 0 Å². The van der Waals surface area contributed by atoms with Gasteiger partial charge in [0.1, 0.15) is 0 Å². The normalized spacial score (nSPS) is 1.25. The van der Waals surface area contributed by atoms with Crippen molar-refractivity contribution in [1.29, 1.82) is 0 Å². The van der Waals surface area contributed by atoms with Crippen LogP contribution in [-0.2, 0) is 36.8 Å². The molecule has 0 aromatic carbocycles. The molecule has 0 amide bonds. The van der Waals surface area contributed by atoms with Gasteiger partial charge in [0.15, 0.2) is 0 Å². The van der Waals surface area contributed by atoms with Crippen LogP contribution < -0.4 is 0 Å². The summed E-state index contributed by atoms with van der Waals surface area (Å²) in [6, 6.07) is 0. The molecule has 0 heterocycles. The Balaban J connectivity index is -0.000000000833. The number of rotatable bonds is 0. The molecule has 0 aromatic heterocycles. The van der Waals surface area contributed by atoms with Gasteiger partial charge < -0.3 is 2.85 Å². The molecule has 0 saturated carbocycles. The van der Waals surface area contributed by atoms with Gasteiger partial charge in [-0.2, -0.15) is 0 Å². The predicted molar refractivity (Wildman–Crippen MR) is 8.66 cm³/mol. The van der Waals surface area contributed by atoms with Crippen molar-refractivity contribution in [2.45, 2.75) is 0 Å². The summed E-state index contributed by atoms with van der Waals surface area (Å²) in [7, 11) is 0. The monoisotopic (exact) mass is 225 g/mol. The van der Waals surface area contributed by atoms with Crippen molar-refractivity contribution in [3.8, 4) is 0 Å². The third-order valence-corrected chi connectivity index (χ3v) is 0. The minimum absolute atomic E-state index is 0. The van der Waals surface area contributed by atoms with Crippen LogP contribution in [0, 0.1) is 0 Å². The van der Waals surface area contributed by atoms with Crippen LogP contribution in [0.2, 0.25) is 0 Å². The van der Waals surface area contributed by atoms with Gasteiger partial charge in [-0.15, -0.1) is 0 Å². The fourth-order valence-electron chi connectivity index (χ4n) is 0. The standard InChI is InChI=1S/Cu.Fe.O.Sr.2H/q;;;+2;2*-1. The molecule has 0 aliphatic heterocycles. The SMILES string of the molecule is [Cu].[H-].[H-].[O]=[Fe].[Sr+2]. The van der Waals surface area contributed by atoms with Crippen molar-refractivity contribution in [2.75, 3.05) is 0 Å². The first kappa shape index (κ1) is 16.2. The van der Waals surface area contributed by atoms with Crippen molar-refractivity contribution < 1.29 is 39.7 Å². The zero-order valence-corrected chi connectivity index (χ0v) is 7.29.